The molecule has 2 aromatic carbocycles. The van der Waals surface area contributed by atoms with Crippen molar-refractivity contribution < 1.29 is 13.2 Å². The van der Waals surface area contributed by atoms with Crippen molar-refractivity contribution in [3.05, 3.63) is 76.3 Å². The number of hydrogen-bond donors (Lipinski definition) is 0. The van der Waals surface area contributed by atoms with Crippen LogP contribution in [0, 0.1) is 6.92 Å². The van der Waals surface area contributed by atoms with Crippen molar-refractivity contribution in [3.8, 4) is 0 Å². The topological polar surface area (TPSA) is 54.5 Å². The predicted molar refractivity (Wildman–Crippen MR) is 102 cm³/mol. The number of para-hydroxylation sites is 1. The number of Topliss-reactive ketones (excluding diaryl/α,β-unsaturated/α-hetero) is 1. The molecule has 2 aliphatic rings. The van der Waals surface area contributed by atoms with E-state index in [0.29, 0.717) is 5.70 Å². The molecule has 2 heterocycles. The Hall–Kier alpha value is -2.66. The maximum Gasteiger partial charge on any atom is 0.212 e. The van der Waals surface area contributed by atoms with E-state index in [4.69, 9.17) is 0 Å². The van der Waals surface area contributed by atoms with Crippen LogP contribution < -0.4 is 4.90 Å². The molecule has 0 unspecified atom stereocenters. The first-order chi connectivity index (χ1) is 12.2. The van der Waals surface area contributed by atoms with Crippen LogP contribution in [0.4, 0.5) is 5.69 Å². The van der Waals surface area contributed by atoms with Crippen molar-refractivity contribution in [3.63, 3.8) is 0 Å². The third-order valence-electron chi connectivity index (χ3n) is 4.96. The van der Waals surface area contributed by atoms with Crippen LogP contribution in [0.2, 0.25) is 0 Å². The third-order valence-corrected chi connectivity index (χ3v) is 6.77. The summed E-state index contributed by atoms with van der Waals surface area (Å²) in [6.07, 6.45) is 3.60. The Morgan fingerprint density at radius 1 is 0.962 bits per heavy atom. The van der Waals surface area contributed by atoms with E-state index in [0.717, 1.165) is 16.8 Å². The summed E-state index contributed by atoms with van der Waals surface area (Å²) >= 11 is 0. The van der Waals surface area contributed by atoms with Gasteiger partial charge in [-0.15, -0.1) is 0 Å². The first kappa shape index (κ1) is 16.8. The van der Waals surface area contributed by atoms with E-state index in [9.17, 15) is 13.2 Å². The number of ketones is 1. The highest BCUT2D eigenvalue weighted by Gasteiger charge is 2.51. The molecule has 4 rings (SSSR count). The standard InChI is InChI=1S/C21H19NO3S/c1-14-7-6-9-16(13-14)26(24,25)19-18-12-11-15-8-4-5-10-17(15)22(18)21(2,3)20(19)23/h4-13H,1-3H3. The summed E-state index contributed by atoms with van der Waals surface area (Å²) in [5, 5.41) is 0. The Bertz CT molecular complexity index is 1110. The number of anilines is 1. The fraction of sp³-hybridized carbons (Fsp3) is 0.190. The van der Waals surface area contributed by atoms with Crippen LogP contribution >= 0.6 is 0 Å². The molecule has 132 valence electrons. The molecule has 5 heteroatoms. The van der Waals surface area contributed by atoms with E-state index in [1.54, 1.807) is 38.1 Å². The van der Waals surface area contributed by atoms with Crippen molar-refractivity contribution in [2.45, 2.75) is 31.2 Å². The van der Waals surface area contributed by atoms with E-state index in [1.807, 2.05) is 48.2 Å². The number of sulfone groups is 1. The van der Waals surface area contributed by atoms with Crippen LogP contribution in [0.5, 0.6) is 0 Å². The van der Waals surface area contributed by atoms with E-state index < -0.39 is 15.4 Å². The average Bonchev–Trinajstić information content (AvgIpc) is 2.82. The number of allylic oxidation sites excluding steroid dienone is 1. The fourth-order valence-electron chi connectivity index (χ4n) is 3.64. The highest BCUT2D eigenvalue weighted by molar-refractivity contribution is 7.96. The Labute approximate surface area is 153 Å². The lowest BCUT2D eigenvalue weighted by molar-refractivity contribution is -0.117. The molecule has 0 saturated heterocycles. The molecule has 0 radical (unpaired) electrons. The molecule has 0 bridgehead atoms. The van der Waals surface area contributed by atoms with Gasteiger partial charge in [-0.25, -0.2) is 8.42 Å². The number of hydrogen-bond acceptors (Lipinski definition) is 4. The van der Waals surface area contributed by atoms with Gasteiger partial charge in [0.25, 0.3) is 0 Å². The minimum Gasteiger partial charge on any atom is -0.327 e. The van der Waals surface area contributed by atoms with Gasteiger partial charge in [0, 0.05) is 5.69 Å². The SMILES string of the molecule is Cc1cccc(S(=O)(=O)C2=C3C=Cc4ccccc4N3C(C)(C)C2=O)c1. The van der Waals surface area contributed by atoms with E-state index >= 15 is 0 Å². The molecule has 0 N–H and O–H groups in total. The van der Waals surface area contributed by atoms with Crippen LogP contribution in [0.15, 0.2) is 70.1 Å². The fourth-order valence-corrected chi connectivity index (χ4v) is 5.40. The van der Waals surface area contributed by atoms with E-state index in [1.165, 1.54) is 0 Å². The number of carbonyl (C=O) groups is 1. The van der Waals surface area contributed by atoms with Crippen LogP contribution in [-0.2, 0) is 14.6 Å². The number of nitrogens with zero attached hydrogens (tertiary/aromatic N) is 1. The molecule has 0 saturated carbocycles. The largest absolute Gasteiger partial charge is 0.327 e. The molecule has 0 fully saturated rings. The zero-order valence-corrected chi connectivity index (χ0v) is 15.7. The maximum atomic E-state index is 13.3. The van der Waals surface area contributed by atoms with Crippen molar-refractivity contribution >= 4 is 27.4 Å². The van der Waals surface area contributed by atoms with Gasteiger partial charge in [0.15, 0.2) is 0 Å². The lowest BCUT2D eigenvalue weighted by Gasteiger charge is -2.36. The lowest BCUT2D eigenvalue weighted by atomic mass is 9.97. The smallest absolute Gasteiger partial charge is 0.212 e. The third kappa shape index (κ3) is 2.20. The number of carbonyl (C=O) groups excluding carboxylic acids is 1. The summed E-state index contributed by atoms with van der Waals surface area (Å²) in [4.78, 5) is 15.1. The first-order valence-electron chi connectivity index (χ1n) is 8.43. The van der Waals surface area contributed by atoms with Gasteiger partial charge in [-0.2, -0.15) is 0 Å². The molecule has 0 spiro atoms. The molecule has 4 nitrogen and oxygen atoms in total. The van der Waals surface area contributed by atoms with Gasteiger partial charge in [0.2, 0.25) is 15.6 Å². The normalized spacial score (nSPS) is 18.1. The van der Waals surface area contributed by atoms with Crippen LogP contribution in [0.3, 0.4) is 0 Å². The zero-order valence-electron chi connectivity index (χ0n) is 14.9. The van der Waals surface area contributed by atoms with Gasteiger partial charge in [-0.3, -0.25) is 4.79 Å². The van der Waals surface area contributed by atoms with Crippen LogP contribution in [0.1, 0.15) is 25.0 Å². The second-order valence-electron chi connectivity index (χ2n) is 7.15. The highest BCUT2D eigenvalue weighted by atomic mass is 32.2. The van der Waals surface area contributed by atoms with Crippen molar-refractivity contribution in [2.75, 3.05) is 4.90 Å². The molecular formula is C21H19NO3S. The van der Waals surface area contributed by atoms with Gasteiger partial charge < -0.3 is 4.90 Å². The van der Waals surface area contributed by atoms with Crippen molar-refractivity contribution in [1.82, 2.24) is 0 Å². The quantitative estimate of drug-likeness (QED) is 0.811. The number of fused-ring (bicyclic) bond motifs is 3. The molecule has 2 aliphatic heterocycles. The van der Waals surface area contributed by atoms with E-state index in [-0.39, 0.29) is 15.6 Å². The minimum atomic E-state index is -3.92. The van der Waals surface area contributed by atoms with Crippen molar-refractivity contribution in [2.24, 2.45) is 0 Å². The monoisotopic (exact) mass is 365 g/mol. The molecular weight excluding hydrogens is 346 g/mol. The Morgan fingerprint density at radius 2 is 1.69 bits per heavy atom. The summed E-state index contributed by atoms with van der Waals surface area (Å²) in [5.74, 6) is -0.379. The Balaban J connectivity index is 1.99. The second kappa shape index (κ2) is 5.42. The lowest BCUT2D eigenvalue weighted by Crippen LogP contribution is -2.45. The summed E-state index contributed by atoms with van der Waals surface area (Å²) in [5.41, 5.74) is 2.12. The molecule has 26 heavy (non-hydrogen) atoms. The molecule has 0 atom stereocenters. The molecule has 2 aromatic rings. The minimum absolute atomic E-state index is 0.126. The van der Waals surface area contributed by atoms with Gasteiger partial charge in [-0.1, -0.05) is 36.4 Å². The van der Waals surface area contributed by atoms with Crippen molar-refractivity contribution in [1.29, 1.82) is 0 Å². The highest BCUT2D eigenvalue weighted by Crippen LogP contribution is 2.46. The number of rotatable bonds is 2. The average molecular weight is 365 g/mol. The van der Waals surface area contributed by atoms with Gasteiger partial charge in [0.1, 0.15) is 10.4 Å². The van der Waals surface area contributed by atoms with E-state index in [2.05, 4.69) is 0 Å². The second-order valence-corrected chi connectivity index (χ2v) is 9.04. The number of benzene rings is 2. The Morgan fingerprint density at radius 3 is 2.42 bits per heavy atom. The van der Waals surface area contributed by atoms with Gasteiger partial charge >= 0.3 is 0 Å². The summed E-state index contributed by atoms with van der Waals surface area (Å²) in [6, 6.07) is 14.4. The first-order valence-corrected chi connectivity index (χ1v) is 9.91. The van der Waals surface area contributed by atoms with Gasteiger partial charge in [-0.05, 0) is 56.2 Å². The predicted octanol–water partition coefficient (Wildman–Crippen LogP) is 3.88. The summed E-state index contributed by atoms with van der Waals surface area (Å²) in [6.45, 7) is 5.37. The maximum absolute atomic E-state index is 13.3. The summed E-state index contributed by atoms with van der Waals surface area (Å²) < 4.78 is 26.6. The number of aryl methyl sites for hydroxylation is 1. The zero-order chi connectivity index (χ0) is 18.7. The van der Waals surface area contributed by atoms with Crippen LogP contribution in [-0.4, -0.2) is 19.7 Å². The Kier molecular flexibility index (Phi) is 3.50. The summed E-state index contributed by atoms with van der Waals surface area (Å²) in [7, 11) is -3.92. The molecule has 0 aliphatic carbocycles. The molecule has 0 amide bonds. The molecule has 0 aromatic heterocycles. The van der Waals surface area contributed by atoms with Gasteiger partial charge in [0.05, 0.1) is 10.6 Å². The van der Waals surface area contributed by atoms with Crippen LogP contribution in [0.25, 0.3) is 6.08 Å².